The van der Waals surface area contributed by atoms with Gasteiger partial charge in [0, 0.05) is 43.2 Å². The van der Waals surface area contributed by atoms with E-state index < -0.39 is 10.0 Å². The van der Waals surface area contributed by atoms with Gasteiger partial charge in [0.25, 0.3) is 0 Å². The van der Waals surface area contributed by atoms with Crippen LogP contribution < -0.4 is 4.74 Å². The molecule has 1 aliphatic carbocycles. The van der Waals surface area contributed by atoms with Crippen molar-refractivity contribution in [1.29, 1.82) is 0 Å². The van der Waals surface area contributed by atoms with Gasteiger partial charge in [0.05, 0.1) is 6.61 Å². The maximum Gasteiger partial charge on any atom is 0.244 e. The Bertz CT molecular complexity index is 829. The number of nitrogens with zero attached hydrogens (tertiary/aromatic N) is 3. The van der Waals surface area contributed by atoms with Crippen LogP contribution in [0.15, 0.2) is 53.8 Å². The number of hydrogen-bond acceptors (Lipinski definition) is 5. The van der Waals surface area contributed by atoms with Crippen molar-refractivity contribution in [2.45, 2.75) is 24.2 Å². The zero-order chi connectivity index (χ0) is 17.3. The Morgan fingerprint density at radius 3 is 2.92 bits per heavy atom. The van der Waals surface area contributed by atoms with Crippen molar-refractivity contribution in [2.75, 3.05) is 19.7 Å². The fourth-order valence-corrected chi connectivity index (χ4v) is 5.63. The summed E-state index contributed by atoms with van der Waals surface area (Å²) in [6.07, 6.45) is 7.86. The zero-order valence-corrected chi connectivity index (χ0v) is 14.7. The van der Waals surface area contributed by atoms with Gasteiger partial charge in [0.1, 0.15) is 4.90 Å². The molecule has 0 bridgehead atoms. The average Bonchev–Trinajstić information content (AvgIpc) is 3.19. The molecule has 0 N–H and O–H groups in total. The van der Waals surface area contributed by atoms with Crippen LogP contribution in [0.25, 0.3) is 0 Å². The molecule has 25 heavy (non-hydrogen) atoms. The molecule has 7 heteroatoms. The molecule has 0 amide bonds. The van der Waals surface area contributed by atoms with Crippen molar-refractivity contribution in [2.24, 2.45) is 11.3 Å². The largest absolute Gasteiger partial charge is 0.477 e. The van der Waals surface area contributed by atoms with Crippen molar-refractivity contribution in [1.82, 2.24) is 14.3 Å². The molecule has 0 radical (unpaired) electrons. The Kier molecular flexibility index (Phi) is 4.21. The van der Waals surface area contributed by atoms with Crippen LogP contribution in [0.1, 0.15) is 19.3 Å². The highest BCUT2D eigenvalue weighted by Gasteiger charge is 2.53. The van der Waals surface area contributed by atoms with E-state index in [0.29, 0.717) is 31.5 Å². The van der Waals surface area contributed by atoms with Crippen LogP contribution in [-0.4, -0.2) is 42.4 Å². The lowest BCUT2D eigenvalue weighted by atomic mass is 9.82. The Balaban J connectivity index is 1.54. The molecule has 2 fully saturated rings. The van der Waals surface area contributed by atoms with Crippen LogP contribution in [0, 0.1) is 11.3 Å². The summed E-state index contributed by atoms with van der Waals surface area (Å²) in [5.41, 5.74) is -0.118. The summed E-state index contributed by atoms with van der Waals surface area (Å²) in [5, 5.41) is 0. The summed E-state index contributed by atoms with van der Waals surface area (Å²) < 4.78 is 33.4. The highest BCUT2D eigenvalue weighted by molar-refractivity contribution is 7.89. The van der Waals surface area contributed by atoms with Crippen LogP contribution >= 0.6 is 0 Å². The third-order valence-corrected chi connectivity index (χ3v) is 7.22. The number of aromatic nitrogens is 2. The van der Waals surface area contributed by atoms with Gasteiger partial charge in [-0.1, -0.05) is 12.5 Å². The quantitative estimate of drug-likeness (QED) is 0.819. The second kappa shape index (κ2) is 6.38. The van der Waals surface area contributed by atoms with E-state index in [1.807, 2.05) is 18.2 Å². The summed E-state index contributed by atoms with van der Waals surface area (Å²) in [6, 6.07) is 8.83. The van der Waals surface area contributed by atoms with Crippen molar-refractivity contribution >= 4 is 10.0 Å². The second-order valence-corrected chi connectivity index (χ2v) is 8.83. The molecule has 0 aromatic carbocycles. The Labute approximate surface area is 147 Å². The molecule has 0 unspecified atom stereocenters. The first-order valence-electron chi connectivity index (χ1n) is 8.54. The molecule has 2 aliphatic rings. The van der Waals surface area contributed by atoms with Crippen LogP contribution in [-0.2, 0) is 10.0 Å². The molecule has 3 heterocycles. The molecular formula is C18H21N3O3S. The van der Waals surface area contributed by atoms with E-state index in [1.165, 1.54) is 6.20 Å². The van der Waals surface area contributed by atoms with Crippen molar-refractivity contribution < 1.29 is 13.2 Å². The third kappa shape index (κ3) is 3.02. The van der Waals surface area contributed by atoms with Gasteiger partial charge in [-0.25, -0.2) is 13.4 Å². The number of ether oxygens (including phenoxy) is 1. The maximum atomic E-state index is 12.9. The Morgan fingerprint density at radius 1 is 1.24 bits per heavy atom. The smallest absolute Gasteiger partial charge is 0.244 e. The Morgan fingerprint density at radius 2 is 2.16 bits per heavy atom. The first-order chi connectivity index (χ1) is 12.1. The molecule has 1 aliphatic heterocycles. The lowest BCUT2D eigenvalue weighted by Gasteiger charge is -2.28. The summed E-state index contributed by atoms with van der Waals surface area (Å²) in [7, 11) is -3.50. The van der Waals surface area contributed by atoms with Crippen LogP contribution in [0.3, 0.4) is 0 Å². The molecule has 2 atom stereocenters. The van der Waals surface area contributed by atoms with E-state index in [0.717, 1.165) is 19.3 Å². The number of rotatable bonds is 5. The molecule has 0 spiro atoms. The van der Waals surface area contributed by atoms with Gasteiger partial charge in [-0.3, -0.25) is 4.98 Å². The fraction of sp³-hybridized carbons (Fsp3) is 0.444. The van der Waals surface area contributed by atoms with Crippen molar-refractivity contribution in [3.05, 3.63) is 48.9 Å². The van der Waals surface area contributed by atoms with Gasteiger partial charge >= 0.3 is 0 Å². The SMILES string of the molecule is O=S(=O)(c1cccnc1)N1C[C@@H]2CCC[C@]2(COc2ccccn2)C1. The molecular weight excluding hydrogens is 338 g/mol. The van der Waals surface area contributed by atoms with Gasteiger partial charge in [0.15, 0.2) is 0 Å². The summed E-state index contributed by atoms with van der Waals surface area (Å²) in [5.74, 6) is 0.929. The number of sulfonamides is 1. The maximum absolute atomic E-state index is 12.9. The molecule has 1 saturated heterocycles. The highest BCUT2D eigenvalue weighted by Crippen LogP contribution is 2.50. The minimum absolute atomic E-state index is 0.118. The summed E-state index contributed by atoms with van der Waals surface area (Å²) >= 11 is 0. The number of pyridine rings is 2. The topological polar surface area (TPSA) is 72.4 Å². The van der Waals surface area contributed by atoms with E-state index in [9.17, 15) is 8.42 Å². The standard InChI is InChI=1S/C18H21N3O3S/c22-25(23,16-6-4-9-19-11-16)21-12-15-5-3-8-18(15,13-21)14-24-17-7-1-2-10-20-17/h1-2,4,6-7,9-11,15H,3,5,8,12-14H2/t15-,18+/m0/s1. The number of fused-ring (bicyclic) bond motifs is 1. The first-order valence-corrected chi connectivity index (χ1v) is 9.98. The van der Waals surface area contributed by atoms with Gasteiger partial charge < -0.3 is 4.74 Å². The average molecular weight is 359 g/mol. The van der Waals surface area contributed by atoms with Gasteiger partial charge in [-0.15, -0.1) is 0 Å². The van der Waals surface area contributed by atoms with Gasteiger partial charge in [-0.05, 0) is 37.0 Å². The van der Waals surface area contributed by atoms with Crippen LogP contribution in [0.5, 0.6) is 5.88 Å². The number of hydrogen-bond donors (Lipinski definition) is 0. The normalized spacial score (nSPS) is 26.5. The predicted molar refractivity (Wildman–Crippen MR) is 92.5 cm³/mol. The first kappa shape index (κ1) is 16.5. The molecule has 6 nitrogen and oxygen atoms in total. The van der Waals surface area contributed by atoms with Gasteiger partial charge in [-0.2, -0.15) is 4.31 Å². The lowest BCUT2D eigenvalue weighted by molar-refractivity contribution is 0.130. The van der Waals surface area contributed by atoms with Crippen molar-refractivity contribution in [3.63, 3.8) is 0 Å². The molecule has 2 aromatic rings. The fourth-order valence-electron chi connectivity index (χ4n) is 4.08. The minimum atomic E-state index is -3.50. The third-order valence-electron chi connectivity index (χ3n) is 5.43. The predicted octanol–water partition coefficient (Wildman–Crippen LogP) is 2.35. The monoisotopic (exact) mass is 359 g/mol. The molecule has 4 rings (SSSR count). The van der Waals surface area contributed by atoms with E-state index in [4.69, 9.17) is 4.74 Å². The molecule has 1 saturated carbocycles. The Hall–Kier alpha value is -1.99. The summed E-state index contributed by atoms with van der Waals surface area (Å²) in [6.45, 7) is 1.57. The van der Waals surface area contributed by atoms with Crippen LogP contribution in [0.2, 0.25) is 0 Å². The highest BCUT2D eigenvalue weighted by atomic mass is 32.2. The van der Waals surface area contributed by atoms with E-state index in [2.05, 4.69) is 9.97 Å². The molecule has 132 valence electrons. The van der Waals surface area contributed by atoms with E-state index in [-0.39, 0.29) is 10.3 Å². The van der Waals surface area contributed by atoms with E-state index >= 15 is 0 Å². The summed E-state index contributed by atoms with van der Waals surface area (Å²) in [4.78, 5) is 8.41. The lowest BCUT2D eigenvalue weighted by Crippen LogP contribution is -2.35. The van der Waals surface area contributed by atoms with E-state index in [1.54, 1.807) is 28.8 Å². The second-order valence-electron chi connectivity index (χ2n) is 6.89. The minimum Gasteiger partial charge on any atom is -0.477 e. The van der Waals surface area contributed by atoms with Gasteiger partial charge in [0.2, 0.25) is 15.9 Å². The van der Waals surface area contributed by atoms with Crippen LogP contribution in [0.4, 0.5) is 0 Å². The zero-order valence-electron chi connectivity index (χ0n) is 13.9. The molecule has 2 aromatic heterocycles. The van der Waals surface area contributed by atoms with Crippen molar-refractivity contribution in [3.8, 4) is 5.88 Å².